The number of carbonyl (C=O) groups is 1. The largest absolute Gasteiger partial charge is 0.325 e. The number of sulfonamides is 1. The fraction of sp³-hybridized carbons (Fsp3) is 0.278. The second kappa shape index (κ2) is 9.56. The summed E-state index contributed by atoms with van der Waals surface area (Å²) in [7, 11) is -3.68. The van der Waals surface area contributed by atoms with E-state index in [0.717, 1.165) is 6.42 Å². The maximum absolute atomic E-state index is 12.4. The van der Waals surface area contributed by atoms with Gasteiger partial charge in [0.05, 0.1) is 10.9 Å². The van der Waals surface area contributed by atoms with Gasteiger partial charge in [0.2, 0.25) is 5.91 Å². The van der Waals surface area contributed by atoms with E-state index in [2.05, 4.69) is 10.0 Å². The van der Waals surface area contributed by atoms with Crippen molar-refractivity contribution in [3.63, 3.8) is 0 Å². The van der Waals surface area contributed by atoms with Crippen LogP contribution in [0.5, 0.6) is 0 Å². The van der Waals surface area contributed by atoms with E-state index >= 15 is 0 Å². The van der Waals surface area contributed by atoms with E-state index in [1.165, 1.54) is 12.1 Å². The van der Waals surface area contributed by atoms with E-state index in [1.54, 1.807) is 42.5 Å². The Balaban J connectivity index is 0.00000338. The lowest BCUT2D eigenvalue weighted by Gasteiger charge is -2.17. The van der Waals surface area contributed by atoms with Crippen LogP contribution in [0.1, 0.15) is 20.3 Å². The van der Waals surface area contributed by atoms with Crippen LogP contribution >= 0.6 is 12.4 Å². The number of benzene rings is 2. The average Bonchev–Trinajstić information content (AvgIpc) is 2.61. The third-order valence-corrected chi connectivity index (χ3v) is 5.42. The molecule has 0 saturated heterocycles. The quantitative estimate of drug-likeness (QED) is 0.667. The second-order valence-electron chi connectivity index (χ2n) is 5.90. The number of nitrogens with two attached hydrogens (primary N) is 1. The van der Waals surface area contributed by atoms with Gasteiger partial charge in [-0.2, -0.15) is 0 Å². The smallest absolute Gasteiger partial charge is 0.261 e. The lowest BCUT2D eigenvalue weighted by atomic mass is 9.99. The summed E-state index contributed by atoms with van der Waals surface area (Å²) < 4.78 is 27.2. The van der Waals surface area contributed by atoms with Crippen LogP contribution in [0.25, 0.3) is 0 Å². The van der Waals surface area contributed by atoms with Crippen LogP contribution in [0, 0.1) is 5.92 Å². The Morgan fingerprint density at radius 3 is 2.15 bits per heavy atom. The van der Waals surface area contributed by atoms with Crippen molar-refractivity contribution in [2.45, 2.75) is 31.2 Å². The summed E-state index contributed by atoms with van der Waals surface area (Å²) in [5.74, 6) is -0.220. The fourth-order valence-corrected chi connectivity index (χ4v) is 3.23. The molecule has 0 saturated carbocycles. The number of rotatable bonds is 7. The van der Waals surface area contributed by atoms with Crippen molar-refractivity contribution >= 4 is 39.7 Å². The van der Waals surface area contributed by atoms with Gasteiger partial charge in [0.15, 0.2) is 0 Å². The van der Waals surface area contributed by atoms with E-state index in [9.17, 15) is 13.2 Å². The molecule has 0 fully saturated rings. The molecule has 2 aromatic rings. The van der Waals surface area contributed by atoms with Gasteiger partial charge in [0.25, 0.3) is 10.0 Å². The van der Waals surface area contributed by atoms with Gasteiger partial charge >= 0.3 is 0 Å². The van der Waals surface area contributed by atoms with Crippen LogP contribution in [0.2, 0.25) is 0 Å². The maximum Gasteiger partial charge on any atom is 0.261 e. The van der Waals surface area contributed by atoms with Crippen molar-refractivity contribution in [1.82, 2.24) is 0 Å². The minimum absolute atomic E-state index is 0. The van der Waals surface area contributed by atoms with Crippen LogP contribution < -0.4 is 15.8 Å². The predicted octanol–water partition coefficient (Wildman–Crippen LogP) is 3.22. The van der Waals surface area contributed by atoms with Crippen molar-refractivity contribution in [2.75, 3.05) is 10.0 Å². The maximum atomic E-state index is 12.4. The Bertz CT molecular complexity index is 811. The summed E-state index contributed by atoms with van der Waals surface area (Å²) in [6.07, 6.45) is 0.803. The van der Waals surface area contributed by atoms with Gasteiger partial charge in [-0.25, -0.2) is 8.42 Å². The van der Waals surface area contributed by atoms with Gasteiger partial charge in [-0.3, -0.25) is 9.52 Å². The molecular weight excluding hydrogens is 374 g/mol. The number of hydrogen-bond donors (Lipinski definition) is 3. The molecule has 2 unspecified atom stereocenters. The molecule has 0 bridgehead atoms. The summed E-state index contributed by atoms with van der Waals surface area (Å²) >= 11 is 0. The lowest BCUT2D eigenvalue weighted by molar-refractivity contribution is -0.118. The Labute approximate surface area is 160 Å². The molecule has 26 heavy (non-hydrogen) atoms. The van der Waals surface area contributed by atoms with E-state index in [0.29, 0.717) is 11.4 Å². The minimum Gasteiger partial charge on any atom is -0.325 e. The molecular formula is C18H24ClN3O3S. The topological polar surface area (TPSA) is 101 Å². The highest BCUT2D eigenvalue weighted by Crippen LogP contribution is 2.18. The highest BCUT2D eigenvalue weighted by atomic mass is 35.5. The molecule has 1 amide bonds. The number of amides is 1. The second-order valence-corrected chi connectivity index (χ2v) is 7.58. The number of hydrogen-bond acceptors (Lipinski definition) is 4. The molecule has 2 atom stereocenters. The first-order valence-electron chi connectivity index (χ1n) is 8.08. The van der Waals surface area contributed by atoms with Crippen LogP contribution in [-0.4, -0.2) is 20.4 Å². The first-order valence-corrected chi connectivity index (χ1v) is 9.56. The van der Waals surface area contributed by atoms with Crippen LogP contribution in [0.15, 0.2) is 59.5 Å². The third-order valence-electron chi connectivity index (χ3n) is 4.02. The molecule has 8 heteroatoms. The van der Waals surface area contributed by atoms with Gasteiger partial charge in [-0.05, 0) is 42.3 Å². The van der Waals surface area contributed by atoms with Gasteiger partial charge in [-0.1, -0.05) is 38.5 Å². The van der Waals surface area contributed by atoms with Crippen molar-refractivity contribution in [2.24, 2.45) is 11.7 Å². The first kappa shape index (κ1) is 22.0. The summed E-state index contributed by atoms with van der Waals surface area (Å²) in [6, 6.07) is 14.0. The summed E-state index contributed by atoms with van der Waals surface area (Å²) in [4.78, 5) is 12.2. The Morgan fingerprint density at radius 2 is 1.62 bits per heavy atom. The zero-order valence-corrected chi connectivity index (χ0v) is 16.3. The first-order chi connectivity index (χ1) is 11.8. The molecule has 0 heterocycles. The van der Waals surface area contributed by atoms with E-state index in [1.807, 2.05) is 13.8 Å². The molecule has 0 aliphatic heterocycles. The number of anilines is 2. The van der Waals surface area contributed by atoms with Crippen molar-refractivity contribution in [1.29, 1.82) is 0 Å². The van der Waals surface area contributed by atoms with Crippen molar-refractivity contribution in [3.8, 4) is 0 Å². The molecule has 0 spiro atoms. The molecule has 0 radical (unpaired) electrons. The summed E-state index contributed by atoms with van der Waals surface area (Å²) in [6.45, 7) is 3.88. The minimum atomic E-state index is -3.68. The van der Waals surface area contributed by atoms with Crippen LogP contribution in [-0.2, 0) is 14.8 Å². The van der Waals surface area contributed by atoms with Gasteiger partial charge < -0.3 is 11.1 Å². The van der Waals surface area contributed by atoms with E-state index in [-0.39, 0.29) is 29.1 Å². The van der Waals surface area contributed by atoms with Crippen molar-refractivity contribution < 1.29 is 13.2 Å². The number of halogens is 1. The van der Waals surface area contributed by atoms with Gasteiger partial charge in [0.1, 0.15) is 0 Å². The zero-order valence-electron chi connectivity index (χ0n) is 14.7. The molecule has 2 rings (SSSR count). The average molecular weight is 398 g/mol. The predicted molar refractivity (Wildman–Crippen MR) is 107 cm³/mol. The van der Waals surface area contributed by atoms with Crippen LogP contribution in [0.4, 0.5) is 11.4 Å². The zero-order chi connectivity index (χ0) is 18.4. The number of carbonyl (C=O) groups excluding carboxylic acids is 1. The normalized spacial score (nSPS) is 13.2. The van der Waals surface area contributed by atoms with Gasteiger partial charge in [-0.15, -0.1) is 12.4 Å². The highest BCUT2D eigenvalue weighted by molar-refractivity contribution is 7.92. The molecule has 0 aliphatic carbocycles. The molecule has 6 nitrogen and oxygen atoms in total. The van der Waals surface area contributed by atoms with Crippen LogP contribution in [0.3, 0.4) is 0 Å². The Morgan fingerprint density at radius 1 is 1.04 bits per heavy atom. The number of nitrogens with one attached hydrogen (secondary N) is 2. The molecule has 0 aliphatic rings. The molecule has 4 N–H and O–H groups in total. The number of para-hydroxylation sites is 1. The molecule has 0 aromatic heterocycles. The third kappa shape index (κ3) is 5.72. The van der Waals surface area contributed by atoms with Gasteiger partial charge in [0, 0.05) is 11.4 Å². The Hall–Kier alpha value is -2.09. The molecule has 142 valence electrons. The lowest BCUT2D eigenvalue weighted by Crippen LogP contribution is -2.40. The SMILES string of the molecule is CCC(C)C(N)C(=O)Nc1ccc(S(=O)(=O)Nc2ccccc2)cc1.Cl. The van der Waals surface area contributed by atoms with E-state index < -0.39 is 16.1 Å². The molecule has 2 aromatic carbocycles. The van der Waals surface area contributed by atoms with E-state index in [4.69, 9.17) is 5.73 Å². The fourth-order valence-electron chi connectivity index (χ4n) is 2.18. The standard InChI is InChI=1S/C18H23N3O3S.ClH/c1-3-13(2)17(19)18(22)20-14-9-11-16(12-10-14)25(23,24)21-15-7-5-4-6-8-15;/h4-13,17,21H,3,19H2,1-2H3,(H,20,22);1H. The summed E-state index contributed by atoms with van der Waals surface area (Å²) in [5.41, 5.74) is 6.87. The Kier molecular flexibility index (Phi) is 8.08. The summed E-state index contributed by atoms with van der Waals surface area (Å²) in [5, 5.41) is 2.71. The highest BCUT2D eigenvalue weighted by Gasteiger charge is 2.20. The van der Waals surface area contributed by atoms with Crippen molar-refractivity contribution in [3.05, 3.63) is 54.6 Å². The monoisotopic (exact) mass is 397 g/mol.